The summed E-state index contributed by atoms with van der Waals surface area (Å²) < 4.78 is 0. The van der Waals surface area contributed by atoms with Crippen LogP contribution in [0.2, 0.25) is 0 Å². The highest BCUT2D eigenvalue weighted by Gasteiger charge is 2.44. The quantitative estimate of drug-likeness (QED) is 0.421. The first kappa shape index (κ1) is 2.19. The number of rotatable bonds is 0. The van der Waals surface area contributed by atoms with E-state index in [4.69, 9.17) is 0 Å². The van der Waals surface area contributed by atoms with Crippen LogP contribution < -0.4 is 5.32 Å². The molecular weight excluding hydrogens is 62.1 g/mol. The van der Waals surface area contributed by atoms with Gasteiger partial charge >= 0.3 is 0 Å². The molecule has 28 valence electrons. The maximum Gasteiger partial charge on any atom is 0.0112 e. The van der Waals surface area contributed by atoms with Crippen LogP contribution in [0.1, 0.15) is 6.42 Å². The van der Waals surface area contributed by atoms with Gasteiger partial charge in [-0.1, -0.05) is 0 Å². The Bertz CT molecular complexity index is 48.7. The summed E-state index contributed by atoms with van der Waals surface area (Å²) in [5.41, 5.74) is 0. The van der Waals surface area contributed by atoms with Gasteiger partial charge in [0, 0.05) is 6.04 Å². The van der Waals surface area contributed by atoms with E-state index in [1.54, 1.807) is 0 Å². The molecule has 0 aromatic carbocycles. The van der Waals surface area contributed by atoms with Crippen LogP contribution in [0.4, 0.5) is 0 Å². The van der Waals surface area contributed by atoms with Crippen molar-refractivity contribution in [3.05, 3.63) is 0 Å². The third-order valence-electron chi connectivity index (χ3n) is 1.56. The van der Waals surface area contributed by atoms with Crippen molar-refractivity contribution in [3.63, 3.8) is 0 Å². The normalized spacial score (nSPS) is 57.6. The maximum atomic E-state index is 3.28. The molecule has 2 rings (SSSR count). The van der Waals surface area contributed by atoms with Gasteiger partial charge in [-0.25, -0.2) is 0 Å². The van der Waals surface area contributed by atoms with Crippen LogP contribution in [0.3, 0.4) is 0 Å². The van der Waals surface area contributed by atoms with Gasteiger partial charge in [0.05, 0.1) is 0 Å². The Morgan fingerprint density at radius 1 is 1.60 bits per heavy atom. The Morgan fingerprint density at radius 2 is 2.40 bits per heavy atom. The van der Waals surface area contributed by atoms with Crippen LogP contribution in [-0.2, 0) is 0 Å². The lowest BCUT2D eigenvalue weighted by molar-refractivity contribution is 0.506. The lowest BCUT2D eigenvalue weighted by Gasteiger charge is -2.09. The van der Waals surface area contributed by atoms with E-state index in [-0.39, 0.29) is 0 Å². The predicted octanol–water partition coefficient (Wildman–Crippen LogP) is -0.0219. The molecule has 2 fully saturated rings. The molecule has 0 amide bonds. The zero-order chi connectivity index (χ0) is 3.28. The Morgan fingerprint density at radius 3 is 2.40 bits per heavy atom. The van der Waals surface area contributed by atoms with Gasteiger partial charge in [0.1, 0.15) is 0 Å². The molecule has 1 heterocycles. The van der Waals surface area contributed by atoms with Crippen LogP contribution in [0, 0.1) is 5.92 Å². The highest BCUT2D eigenvalue weighted by molar-refractivity contribution is 5.03. The van der Waals surface area contributed by atoms with Crippen molar-refractivity contribution >= 4 is 0 Å². The van der Waals surface area contributed by atoms with E-state index in [0.29, 0.717) is 0 Å². The molecule has 0 radical (unpaired) electrons. The molecule has 1 saturated heterocycles. The van der Waals surface area contributed by atoms with Crippen molar-refractivity contribution in [3.8, 4) is 0 Å². The van der Waals surface area contributed by atoms with Crippen molar-refractivity contribution in [1.82, 2.24) is 5.32 Å². The Kier molecular flexibility index (Phi) is 0.189. The topological polar surface area (TPSA) is 12.0 Å². The summed E-state index contributed by atoms with van der Waals surface area (Å²) in [5, 5.41) is 3.28. The van der Waals surface area contributed by atoms with E-state index in [9.17, 15) is 0 Å². The van der Waals surface area contributed by atoms with E-state index < -0.39 is 0 Å². The minimum absolute atomic E-state index is 0.981. The molecule has 1 aliphatic carbocycles. The summed E-state index contributed by atoms with van der Waals surface area (Å²) in [6.45, 7) is 1.31. The molecule has 0 spiro atoms. The molecule has 5 heavy (non-hydrogen) atoms. The molecular formula is C4H7N. The lowest BCUT2D eigenvalue weighted by atomic mass is 10.3. The fourth-order valence-electron chi connectivity index (χ4n) is 0.865. The average molecular weight is 69.1 g/mol. The molecule has 1 heteroatoms. The van der Waals surface area contributed by atoms with Gasteiger partial charge in [-0.05, 0) is 18.9 Å². The Balaban J connectivity index is 2.19. The van der Waals surface area contributed by atoms with E-state index >= 15 is 0 Å². The number of hydrogen-bond donors (Lipinski definition) is 1. The Labute approximate surface area is 31.4 Å². The monoisotopic (exact) mass is 69.1 g/mol. The zero-order valence-electron chi connectivity index (χ0n) is 3.07. The second-order valence-corrected chi connectivity index (χ2v) is 2.01. The highest BCUT2D eigenvalue weighted by Crippen LogP contribution is 2.36. The second kappa shape index (κ2) is 0.432. The van der Waals surface area contributed by atoms with Gasteiger partial charge in [0.25, 0.3) is 0 Å². The van der Waals surface area contributed by atoms with Gasteiger partial charge in [0.2, 0.25) is 0 Å². The van der Waals surface area contributed by atoms with Gasteiger partial charge in [-0.15, -0.1) is 0 Å². The summed E-state index contributed by atoms with van der Waals surface area (Å²) in [4.78, 5) is 0. The van der Waals surface area contributed by atoms with Crippen molar-refractivity contribution < 1.29 is 0 Å². The van der Waals surface area contributed by atoms with Crippen LogP contribution in [0.15, 0.2) is 0 Å². The van der Waals surface area contributed by atoms with Crippen molar-refractivity contribution in [1.29, 1.82) is 0 Å². The van der Waals surface area contributed by atoms with Crippen LogP contribution >= 0.6 is 0 Å². The predicted molar refractivity (Wildman–Crippen MR) is 19.9 cm³/mol. The lowest BCUT2D eigenvalue weighted by Crippen LogP contribution is -2.32. The van der Waals surface area contributed by atoms with E-state index in [0.717, 1.165) is 12.0 Å². The van der Waals surface area contributed by atoms with Gasteiger partial charge in [0.15, 0.2) is 0 Å². The smallest absolute Gasteiger partial charge is 0.0112 e. The summed E-state index contributed by atoms with van der Waals surface area (Å²) in [6.07, 6.45) is 1.47. The van der Waals surface area contributed by atoms with E-state index in [2.05, 4.69) is 5.32 Å². The molecule has 1 saturated carbocycles. The van der Waals surface area contributed by atoms with Crippen molar-refractivity contribution in [2.45, 2.75) is 12.5 Å². The number of fused-ring (bicyclic) bond motifs is 1. The van der Waals surface area contributed by atoms with E-state index in [1.807, 2.05) is 0 Å². The summed E-state index contributed by atoms with van der Waals surface area (Å²) in [7, 11) is 0. The molecule has 1 N–H and O–H groups in total. The molecule has 0 aromatic rings. The van der Waals surface area contributed by atoms with Crippen molar-refractivity contribution in [2.75, 3.05) is 6.54 Å². The highest BCUT2D eigenvalue weighted by atomic mass is 15.1. The summed E-state index contributed by atoms with van der Waals surface area (Å²) in [6, 6.07) is 0.981. The van der Waals surface area contributed by atoms with Gasteiger partial charge in [-0.2, -0.15) is 0 Å². The average Bonchev–Trinajstić information content (AvgIpc) is 1.74. The first-order valence-corrected chi connectivity index (χ1v) is 2.20. The summed E-state index contributed by atoms with van der Waals surface area (Å²) >= 11 is 0. The summed E-state index contributed by atoms with van der Waals surface area (Å²) in [5.74, 6) is 1.12. The van der Waals surface area contributed by atoms with E-state index in [1.165, 1.54) is 13.0 Å². The number of nitrogens with one attached hydrogen (secondary N) is 1. The molecule has 2 atom stereocenters. The van der Waals surface area contributed by atoms with Crippen molar-refractivity contribution in [2.24, 2.45) is 5.92 Å². The van der Waals surface area contributed by atoms with Crippen LogP contribution in [-0.4, -0.2) is 12.6 Å². The van der Waals surface area contributed by atoms with Crippen LogP contribution in [0.5, 0.6) is 0 Å². The largest absolute Gasteiger partial charge is 0.313 e. The number of hydrogen-bond acceptors (Lipinski definition) is 1. The molecule has 0 bridgehead atoms. The maximum absolute atomic E-state index is 3.28. The molecule has 0 aromatic heterocycles. The minimum Gasteiger partial charge on any atom is -0.313 e. The SMILES string of the molecule is C1N[C@@H]2C[C@H]12. The first-order chi connectivity index (χ1) is 2.47. The second-order valence-electron chi connectivity index (χ2n) is 2.01. The van der Waals surface area contributed by atoms with Gasteiger partial charge in [-0.3, -0.25) is 0 Å². The first-order valence-electron chi connectivity index (χ1n) is 2.20. The third-order valence-corrected chi connectivity index (χ3v) is 1.56. The molecule has 1 aliphatic heterocycles. The zero-order valence-corrected chi connectivity index (χ0v) is 3.07. The van der Waals surface area contributed by atoms with Crippen LogP contribution in [0.25, 0.3) is 0 Å². The third kappa shape index (κ3) is 0.127. The molecule has 0 unspecified atom stereocenters. The standard InChI is InChI=1S/C4H7N/c1-3-2-5-4(1)3/h3-5H,1-2H2/t3-,4-/m1/s1. The fourth-order valence-corrected chi connectivity index (χ4v) is 0.865. The molecule has 2 aliphatic rings. The minimum atomic E-state index is 0.981. The molecule has 1 nitrogen and oxygen atoms in total. The van der Waals surface area contributed by atoms with Gasteiger partial charge < -0.3 is 5.32 Å². The Hall–Kier alpha value is -0.0400. The fraction of sp³-hybridized carbons (Fsp3) is 1.00.